The molecule has 6 nitrogen and oxygen atoms in total. The van der Waals surface area contributed by atoms with Gasteiger partial charge in [-0.1, -0.05) is 11.8 Å². The van der Waals surface area contributed by atoms with Gasteiger partial charge in [-0.25, -0.2) is 4.98 Å². The van der Waals surface area contributed by atoms with Crippen molar-refractivity contribution < 1.29 is 9.66 Å². The Morgan fingerprint density at radius 3 is 2.95 bits per heavy atom. The fourth-order valence-electron chi connectivity index (χ4n) is 1.95. The smallest absolute Gasteiger partial charge is 0.304 e. The number of nitro groups is 1. The third-order valence-electron chi connectivity index (χ3n) is 3.02. The van der Waals surface area contributed by atoms with Gasteiger partial charge in [-0.05, 0) is 13.0 Å². The third-order valence-corrected chi connectivity index (χ3v) is 3.98. The highest BCUT2D eigenvalue weighted by atomic mass is 32.2. The number of rotatable bonds is 5. The van der Waals surface area contributed by atoms with Crippen LogP contribution in [0.15, 0.2) is 17.3 Å². The number of hydrogen-bond acceptors (Lipinski definition) is 6. The van der Waals surface area contributed by atoms with Crippen LogP contribution in [-0.4, -0.2) is 53.4 Å². The molecule has 1 aromatic heterocycles. The minimum atomic E-state index is -0.348. The maximum absolute atomic E-state index is 11.0. The van der Waals surface area contributed by atoms with Crippen LogP contribution in [-0.2, 0) is 4.74 Å². The molecule has 0 bridgehead atoms. The SMILES string of the molecule is Cc1ccnc(SCCN2CCOCC2)c1[N+](=O)[O-]. The van der Waals surface area contributed by atoms with E-state index in [9.17, 15) is 10.1 Å². The lowest BCUT2D eigenvalue weighted by molar-refractivity contribution is -0.388. The zero-order valence-corrected chi connectivity index (χ0v) is 11.7. The average Bonchev–Trinajstić information content (AvgIpc) is 2.39. The van der Waals surface area contributed by atoms with Crippen molar-refractivity contribution >= 4 is 17.4 Å². The summed E-state index contributed by atoms with van der Waals surface area (Å²) in [6.07, 6.45) is 1.62. The van der Waals surface area contributed by atoms with Gasteiger partial charge in [-0.3, -0.25) is 15.0 Å². The van der Waals surface area contributed by atoms with Crippen molar-refractivity contribution in [3.63, 3.8) is 0 Å². The highest BCUT2D eigenvalue weighted by molar-refractivity contribution is 7.99. The number of thioether (sulfide) groups is 1. The first-order valence-electron chi connectivity index (χ1n) is 6.21. The summed E-state index contributed by atoms with van der Waals surface area (Å²) in [5.41, 5.74) is 0.795. The summed E-state index contributed by atoms with van der Waals surface area (Å²) in [4.78, 5) is 17.1. The van der Waals surface area contributed by atoms with Gasteiger partial charge in [0.2, 0.25) is 0 Å². The summed E-state index contributed by atoms with van der Waals surface area (Å²) in [6, 6.07) is 1.67. The molecule has 1 aliphatic rings. The average molecular weight is 283 g/mol. The number of nitrogens with zero attached hydrogens (tertiary/aromatic N) is 3. The number of ether oxygens (including phenoxy) is 1. The molecule has 1 aliphatic heterocycles. The van der Waals surface area contributed by atoms with Gasteiger partial charge in [-0.15, -0.1) is 0 Å². The van der Waals surface area contributed by atoms with Gasteiger partial charge in [0.05, 0.1) is 18.1 Å². The van der Waals surface area contributed by atoms with Crippen molar-refractivity contribution in [1.82, 2.24) is 9.88 Å². The largest absolute Gasteiger partial charge is 0.379 e. The molecule has 1 fully saturated rings. The number of hydrogen-bond donors (Lipinski definition) is 0. The van der Waals surface area contributed by atoms with Gasteiger partial charge in [0.25, 0.3) is 0 Å². The Bertz CT molecular complexity index is 450. The first kappa shape index (κ1) is 14.2. The summed E-state index contributed by atoms with van der Waals surface area (Å²) in [5.74, 6) is 0.803. The fraction of sp³-hybridized carbons (Fsp3) is 0.583. The summed E-state index contributed by atoms with van der Waals surface area (Å²) in [7, 11) is 0. The lowest BCUT2D eigenvalue weighted by Crippen LogP contribution is -2.37. The predicted molar refractivity (Wildman–Crippen MR) is 73.6 cm³/mol. The highest BCUT2D eigenvalue weighted by Gasteiger charge is 2.19. The molecule has 1 aromatic rings. The normalized spacial score (nSPS) is 16.5. The second-order valence-electron chi connectivity index (χ2n) is 4.34. The predicted octanol–water partition coefficient (Wildman–Crippen LogP) is 1.72. The molecule has 2 heterocycles. The van der Waals surface area contributed by atoms with Gasteiger partial charge < -0.3 is 4.74 Å². The number of pyridine rings is 1. The van der Waals surface area contributed by atoms with E-state index in [2.05, 4.69) is 9.88 Å². The Hall–Kier alpha value is -1.18. The molecule has 0 unspecified atom stereocenters. The van der Waals surface area contributed by atoms with Crippen LogP contribution in [0.4, 0.5) is 5.69 Å². The van der Waals surface area contributed by atoms with Gasteiger partial charge in [0, 0.05) is 37.1 Å². The maximum Gasteiger partial charge on any atom is 0.304 e. The Labute approximate surface area is 116 Å². The summed E-state index contributed by atoms with van der Waals surface area (Å²) in [6.45, 7) is 6.06. The lowest BCUT2D eigenvalue weighted by Gasteiger charge is -2.26. The molecule has 0 saturated carbocycles. The molecule has 0 aromatic carbocycles. The molecule has 2 rings (SSSR count). The summed E-state index contributed by atoms with van der Waals surface area (Å²) < 4.78 is 5.28. The molecule has 0 atom stereocenters. The molecule has 0 aliphatic carbocycles. The minimum absolute atomic E-state index is 0.134. The molecular weight excluding hydrogens is 266 g/mol. The second kappa shape index (κ2) is 6.83. The molecule has 19 heavy (non-hydrogen) atoms. The molecule has 104 valence electrons. The third kappa shape index (κ3) is 3.89. The van der Waals surface area contributed by atoms with Crippen molar-refractivity contribution in [2.45, 2.75) is 11.9 Å². The van der Waals surface area contributed by atoms with E-state index in [4.69, 9.17) is 4.74 Å². The van der Waals surface area contributed by atoms with E-state index in [1.165, 1.54) is 11.8 Å². The van der Waals surface area contributed by atoms with E-state index in [-0.39, 0.29) is 10.6 Å². The first-order valence-corrected chi connectivity index (χ1v) is 7.20. The van der Waals surface area contributed by atoms with Crippen LogP contribution in [0, 0.1) is 17.0 Å². The molecule has 0 spiro atoms. The number of aryl methyl sites for hydroxylation is 1. The van der Waals surface area contributed by atoms with E-state index < -0.39 is 0 Å². The first-order chi connectivity index (χ1) is 9.18. The minimum Gasteiger partial charge on any atom is -0.379 e. The number of aromatic nitrogens is 1. The van der Waals surface area contributed by atoms with Crippen LogP contribution in [0.3, 0.4) is 0 Å². The van der Waals surface area contributed by atoms with Crippen molar-refractivity contribution in [1.29, 1.82) is 0 Å². The Morgan fingerprint density at radius 2 is 2.26 bits per heavy atom. The quantitative estimate of drug-likeness (QED) is 0.465. The Morgan fingerprint density at radius 1 is 1.53 bits per heavy atom. The Kier molecular flexibility index (Phi) is 5.12. The molecule has 7 heteroatoms. The van der Waals surface area contributed by atoms with Gasteiger partial charge in [0.1, 0.15) is 0 Å². The molecule has 0 N–H and O–H groups in total. The van der Waals surface area contributed by atoms with Crippen LogP contribution in [0.25, 0.3) is 0 Å². The Balaban J connectivity index is 1.92. The van der Waals surface area contributed by atoms with Crippen LogP contribution in [0.5, 0.6) is 0 Å². The van der Waals surface area contributed by atoms with Gasteiger partial charge in [-0.2, -0.15) is 0 Å². The zero-order valence-electron chi connectivity index (χ0n) is 10.9. The number of morpholine rings is 1. The molecule has 0 amide bonds. The van der Waals surface area contributed by atoms with Crippen LogP contribution >= 0.6 is 11.8 Å². The van der Waals surface area contributed by atoms with E-state index in [1.54, 1.807) is 19.2 Å². The van der Waals surface area contributed by atoms with Crippen molar-refractivity contribution in [3.8, 4) is 0 Å². The second-order valence-corrected chi connectivity index (χ2v) is 5.42. The topological polar surface area (TPSA) is 68.5 Å². The standard InChI is InChI=1S/C12H17N3O3S/c1-10-2-3-13-12(11(10)15(16)17)19-9-6-14-4-7-18-8-5-14/h2-3H,4-9H2,1H3. The summed E-state index contributed by atoms with van der Waals surface area (Å²) >= 11 is 1.45. The van der Waals surface area contributed by atoms with E-state index in [0.29, 0.717) is 10.6 Å². The van der Waals surface area contributed by atoms with E-state index in [1.807, 2.05) is 0 Å². The van der Waals surface area contributed by atoms with Gasteiger partial charge >= 0.3 is 5.69 Å². The zero-order chi connectivity index (χ0) is 13.7. The monoisotopic (exact) mass is 283 g/mol. The molecule has 0 radical (unpaired) electrons. The molecular formula is C12H17N3O3S. The van der Waals surface area contributed by atoms with Gasteiger partial charge in [0.15, 0.2) is 5.03 Å². The van der Waals surface area contributed by atoms with E-state index in [0.717, 1.165) is 38.6 Å². The van der Waals surface area contributed by atoms with Crippen molar-refractivity contribution in [2.75, 3.05) is 38.6 Å². The lowest BCUT2D eigenvalue weighted by atomic mass is 10.3. The molecule has 1 saturated heterocycles. The van der Waals surface area contributed by atoms with E-state index >= 15 is 0 Å². The van der Waals surface area contributed by atoms with Crippen molar-refractivity contribution in [3.05, 3.63) is 27.9 Å². The van der Waals surface area contributed by atoms with Crippen LogP contribution in [0.1, 0.15) is 5.56 Å². The summed E-state index contributed by atoms with van der Waals surface area (Å²) in [5, 5.41) is 11.5. The van der Waals surface area contributed by atoms with Crippen molar-refractivity contribution in [2.24, 2.45) is 0 Å². The maximum atomic E-state index is 11.0. The van der Waals surface area contributed by atoms with Crippen LogP contribution in [0.2, 0.25) is 0 Å². The fourth-order valence-corrected chi connectivity index (χ4v) is 3.00. The highest BCUT2D eigenvalue weighted by Crippen LogP contribution is 2.29. The van der Waals surface area contributed by atoms with Crippen LogP contribution < -0.4 is 0 Å².